The minimum Gasteiger partial charge on any atom is -0.292 e. The topological polar surface area (TPSA) is 17.8 Å². The van der Waals surface area contributed by atoms with Crippen LogP contribution in [0.3, 0.4) is 0 Å². The van der Waals surface area contributed by atoms with E-state index in [0.717, 1.165) is 28.1 Å². The Hall–Kier alpha value is -7.29. The molecule has 0 unspecified atom stereocenters. The maximum Gasteiger partial charge on any atom is 0.145 e. The summed E-state index contributed by atoms with van der Waals surface area (Å²) < 4.78 is 2.26. The van der Waals surface area contributed by atoms with Gasteiger partial charge in [-0.25, -0.2) is 4.98 Å². The van der Waals surface area contributed by atoms with Crippen molar-refractivity contribution < 1.29 is 0 Å². The number of para-hydroxylation sites is 2. The molecule has 0 atom stereocenters. The second-order valence-electron chi connectivity index (χ2n) is 14.7. The largest absolute Gasteiger partial charge is 0.292 e. The first-order valence-corrected chi connectivity index (χ1v) is 19.0. The fraction of sp³-hybridized carbons (Fsp3) is 0. The monoisotopic (exact) mass is 696 g/mol. The molecule has 0 radical (unpaired) electrons. The zero-order valence-electron chi connectivity index (χ0n) is 29.9. The van der Waals surface area contributed by atoms with Crippen molar-refractivity contribution in [2.24, 2.45) is 0 Å². The van der Waals surface area contributed by atoms with Crippen molar-refractivity contribution in [1.29, 1.82) is 0 Å². The molecule has 12 aromatic rings. The van der Waals surface area contributed by atoms with Crippen LogP contribution in [0.25, 0.3) is 115 Å². The van der Waals surface area contributed by atoms with E-state index in [0.29, 0.717) is 0 Å². The minimum atomic E-state index is 0.945. The molecule has 254 valence electrons. The molecule has 2 heteroatoms. The lowest BCUT2D eigenvalue weighted by Crippen LogP contribution is -1.97. The van der Waals surface area contributed by atoms with Crippen LogP contribution in [-0.4, -0.2) is 9.55 Å². The lowest BCUT2D eigenvalue weighted by atomic mass is 9.85. The van der Waals surface area contributed by atoms with Crippen molar-refractivity contribution in [3.05, 3.63) is 194 Å². The molecule has 1 heterocycles. The first-order valence-electron chi connectivity index (χ1n) is 19.0. The second kappa shape index (κ2) is 11.6. The Morgan fingerprint density at radius 3 is 1.51 bits per heavy atom. The van der Waals surface area contributed by atoms with Crippen LogP contribution in [-0.2, 0) is 0 Å². The summed E-state index contributed by atoms with van der Waals surface area (Å²) in [5.74, 6) is 0.945. The normalized spacial score (nSPS) is 12.0. The van der Waals surface area contributed by atoms with Crippen LogP contribution in [0.4, 0.5) is 0 Å². The first kappa shape index (κ1) is 30.2. The number of imidazole rings is 1. The van der Waals surface area contributed by atoms with E-state index in [1.54, 1.807) is 0 Å². The van der Waals surface area contributed by atoms with Crippen molar-refractivity contribution in [2.75, 3.05) is 0 Å². The number of fused-ring (bicyclic) bond motifs is 3. The molecule has 0 bridgehead atoms. The van der Waals surface area contributed by atoms with Gasteiger partial charge in [-0.1, -0.05) is 164 Å². The van der Waals surface area contributed by atoms with Gasteiger partial charge in [0.25, 0.3) is 0 Å². The SMILES string of the molecule is c1ccc(-c2nc3ccccc3n2-c2ccc(-c3ccc(-c4cc5cccc6c7cccc8ccc9cccc(c%10cccc4c%10c56)c9c87)cc3)cc2)cc1. The Morgan fingerprint density at radius 2 is 0.836 bits per heavy atom. The van der Waals surface area contributed by atoms with E-state index < -0.39 is 0 Å². The van der Waals surface area contributed by atoms with Gasteiger partial charge in [0.15, 0.2) is 0 Å². The van der Waals surface area contributed by atoms with E-state index >= 15 is 0 Å². The number of hydrogen-bond donors (Lipinski definition) is 0. The van der Waals surface area contributed by atoms with E-state index in [2.05, 4.69) is 193 Å². The van der Waals surface area contributed by atoms with Crippen LogP contribution in [0, 0.1) is 0 Å². The van der Waals surface area contributed by atoms with Crippen LogP contribution in [0.5, 0.6) is 0 Å². The molecule has 12 rings (SSSR count). The molecular weight excluding hydrogens is 665 g/mol. The van der Waals surface area contributed by atoms with Crippen molar-refractivity contribution >= 4 is 75.7 Å². The molecule has 2 nitrogen and oxygen atoms in total. The summed E-state index contributed by atoms with van der Waals surface area (Å²) in [4.78, 5) is 5.03. The third-order valence-electron chi connectivity index (χ3n) is 11.7. The smallest absolute Gasteiger partial charge is 0.145 e. The van der Waals surface area contributed by atoms with Crippen molar-refractivity contribution in [3.63, 3.8) is 0 Å². The van der Waals surface area contributed by atoms with E-state index in [9.17, 15) is 0 Å². The molecule has 0 aliphatic rings. The maximum atomic E-state index is 5.03. The quantitative estimate of drug-likeness (QED) is 0.168. The molecule has 0 amide bonds. The highest BCUT2D eigenvalue weighted by Crippen LogP contribution is 2.45. The predicted molar refractivity (Wildman–Crippen MR) is 234 cm³/mol. The second-order valence-corrected chi connectivity index (χ2v) is 14.7. The average molecular weight is 697 g/mol. The molecule has 0 aliphatic heterocycles. The molecule has 0 N–H and O–H groups in total. The van der Waals surface area contributed by atoms with Crippen LogP contribution in [0.2, 0.25) is 0 Å². The number of nitrogens with zero attached hydrogens (tertiary/aromatic N) is 2. The summed E-state index contributed by atoms with van der Waals surface area (Å²) >= 11 is 0. The predicted octanol–water partition coefficient (Wildman–Crippen LogP) is 14.4. The van der Waals surface area contributed by atoms with E-state index in [4.69, 9.17) is 4.98 Å². The zero-order chi connectivity index (χ0) is 36.0. The fourth-order valence-electron chi connectivity index (χ4n) is 9.25. The third-order valence-corrected chi connectivity index (χ3v) is 11.7. The third kappa shape index (κ3) is 4.46. The van der Waals surface area contributed by atoms with E-state index in [-0.39, 0.29) is 0 Å². The van der Waals surface area contributed by atoms with Crippen LogP contribution in [0.1, 0.15) is 0 Å². The van der Waals surface area contributed by atoms with Crippen LogP contribution >= 0.6 is 0 Å². The molecule has 0 spiro atoms. The Labute approximate surface area is 317 Å². The van der Waals surface area contributed by atoms with E-state index in [1.807, 2.05) is 6.07 Å². The highest BCUT2D eigenvalue weighted by Gasteiger charge is 2.18. The minimum absolute atomic E-state index is 0.945. The lowest BCUT2D eigenvalue weighted by molar-refractivity contribution is 1.10. The first-order chi connectivity index (χ1) is 27.3. The molecule has 1 aromatic heterocycles. The number of benzene rings is 10. The zero-order valence-corrected chi connectivity index (χ0v) is 29.9. The summed E-state index contributed by atoms with van der Waals surface area (Å²) in [7, 11) is 0. The standard InChI is InChI=1S/C53H32N2/c1-2-10-38(11-3-1)53-54-47-20-4-5-21-48(47)55(53)40-30-28-34(29-31-40)33-22-24-35(25-23-33)46-32-39-14-8-17-42-41-15-6-12-36-26-27-37-13-7-16-43(50(37)49(36)41)44-18-9-19-45(46)52(44)51(39)42/h1-32H. The van der Waals surface area contributed by atoms with Gasteiger partial charge in [-0.05, 0) is 117 Å². The van der Waals surface area contributed by atoms with Gasteiger partial charge in [0.1, 0.15) is 5.82 Å². The summed E-state index contributed by atoms with van der Waals surface area (Å²) in [6.45, 7) is 0. The van der Waals surface area contributed by atoms with E-state index in [1.165, 1.54) is 86.9 Å². The highest BCUT2D eigenvalue weighted by atomic mass is 15.1. The van der Waals surface area contributed by atoms with Crippen molar-refractivity contribution in [3.8, 4) is 39.3 Å². The van der Waals surface area contributed by atoms with Gasteiger partial charge in [0.2, 0.25) is 0 Å². The Bertz CT molecular complexity index is 3450. The molecule has 0 aliphatic carbocycles. The van der Waals surface area contributed by atoms with Gasteiger partial charge in [0.05, 0.1) is 11.0 Å². The van der Waals surface area contributed by atoms with Gasteiger partial charge in [0, 0.05) is 11.3 Å². The van der Waals surface area contributed by atoms with Crippen LogP contribution < -0.4 is 0 Å². The number of rotatable bonds is 4. The van der Waals surface area contributed by atoms with Gasteiger partial charge in [-0.2, -0.15) is 0 Å². The summed E-state index contributed by atoms with van der Waals surface area (Å²) in [6, 6.07) is 71.0. The average Bonchev–Trinajstić information content (AvgIpc) is 3.65. The summed E-state index contributed by atoms with van der Waals surface area (Å²) in [5, 5.41) is 15.6. The summed E-state index contributed by atoms with van der Waals surface area (Å²) in [5.41, 5.74) is 9.11. The van der Waals surface area contributed by atoms with Gasteiger partial charge in [-0.3, -0.25) is 4.57 Å². The highest BCUT2D eigenvalue weighted by molar-refractivity contribution is 6.37. The Balaban J connectivity index is 1.01. The fourth-order valence-corrected chi connectivity index (χ4v) is 9.25. The van der Waals surface area contributed by atoms with Gasteiger partial charge < -0.3 is 0 Å². The lowest BCUT2D eigenvalue weighted by Gasteiger charge is -2.18. The Morgan fingerprint density at radius 1 is 0.327 bits per heavy atom. The molecule has 0 fully saturated rings. The molecule has 0 saturated heterocycles. The Kier molecular flexibility index (Phi) is 6.37. The van der Waals surface area contributed by atoms with Gasteiger partial charge >= 0.3 is 0 Å². The molecule has 11 aromatic carbocycles. The number of hydrogen-bond acceptors (Lipinski definition) is 1. The van der Waals surface area contributed by atoms with Crippen molar-refractivity contribution in [1.82, 2.24) is 9.55 Å². The number of aromatic nitrogens is 2. The molecule has 55 heavy (non-hydrogen) atoms. The molecule has 0 saturated carbocycles. The van der Waals surface area contributed by atoms with Crippen LogP contribution in [0.15, 0.2) is 194 Å². The summed E-state index contributed by atoms with van der Waals surface area (Å²) in [6.07, 6.45) is 0. The van der Waals surface area contributed by atoms with Crippen molar-refractivity contribution in [2.45, 2.75) is 0 Å². The maximum absolute atomic E-state index is 5.03. The van der Waals surface area contributed by atoms with Gasteiger partial charge in [-0.15, -0.1) is 0 Å². The molecular formula is C53H32N2.